The Kier molecular flexibility index (Phi) is 2.72. The normalized spacial score (nSPS) is 16.5. The molecule has 2 heterocycles. The van der Waals surface area contributed by atoms with Gasteiger partial charge in [-0.3, -0.25) is 9.59 Å². The number of fused-ring (bicyclic) bond motifs is 2. The summed E-state index contributed by atoms with van der Waals surface area (Å²) in [7, 11) is 0. The van der Waals surface area contributed by atoms with Crippen molar-refractivity contribution in [1.82, 2.24) is 0 Å². The van der Waals surface area contributed by atoms with Crippen molar-refractivity contribution in [2.45, 2.75) is 0 Å². The van der Waals surface area contributed by atoms with Gasteiger partial charge in [0.1, 0.15) is 0 Å². The van der Waals surface area contributed by atoms with Crippen LogP contribution < -0.4 is 14.8 Å². The number of carbonyl (C=O) groups is 2. The van der Waals surface area contributed by atoms with Crippen molar-refractivity contribution >= 4 is 23.0 Å². The molecule has 2 aromatic rings. The molecule has 22 heavy (non-hydrogen) atoms. The van der Waals surface area contributed by atoms with E-state index in [1.165, 1.54) is 6.08 Å². The molecule has 0 atom stereocenters. The first kappa shape index (κ1) is 12.6. The van der Waals surface area contributed by atoms with Gasteiger partial charge in [-0.2, -0.15) is 0 Å². The molecule has 2 aromatic carbocycles. The van der Waals surface area contributed by atoms with Crippen LogP contribution in [0.3, 0.4) is 0 Å². The number of benzene rings is 2. The van der Waals surface area contributed by atoms with Crippen molar-refractivity contribution in [2.24, 2.45) is 0 Å². The number of para-hydroxylation sites is 1. The molecule has 1 amide bonds. The highest BCUT2D eigenvalue weighted by atomic mass is 16.7. The number of hydrogen-bond acceptors (Lipinski definition) is 4. The Morgan fingerprint density at radius 2 is 1.91 bits per heavy atom. The molecule has 0 unspecified atom stereocenters. The Labute approximate surface area is 126 Å². The summed E-state index contributed by atoms with van der Waals surface area (Å²) in [5.74, 6) is 0.643. The molecule has 108 valence electrons. The van der Waals surface area contributed by atoms with Crippen LogP contribution >= 0.6 is 0 Å². The lowest BCUT2D eigenvalue weighted by Gasteiger charge is -2.00. The average molecular weight is 293 g/mol. The molecule has 0 bridgehead atoms. The number of hydrogen-bond donors (Lipinski definition) is 1. The van der Waals surface area contributed by atoms with Gasteiger partial charge in [-0.25, -0.2) is 0 Å². The fourth-order valence-corrected chi connectivity index (χ4v) is 2.55. The van der Waals surface area contributed by atoms with Gasteiger partial charge in [0.05, 0.1) is 5.57 Å². The number of rotatable bonds is 2. The van der Waals surface area contributed by atoms with Gasteiger partial charge in [0.15, 0.2) is 17.3 Å². The number of carbonyl (C=O) groups excluding carboxylic acids is 2. The monoisotopic (exact) mass is 293 g/mol. The van der Waals surface area contributed by atoms with Gasteiger partial charge in [-0.1, -0.05) is 18.2 Å². The fraction of sp³-hybridized carbons (Fsp3) is 0.0588. The third-order valence-electron chi connectivity index (χ3n) is 3.64. The van der Waals surface area contributed by atoms with Crippen LogP contribution in [0, 0.1) is 0 Å². The van der Waals surface area contributed by atoms with E-state index in [1.54, 1.807) is 24.3 Å². The van der Waals surface area contributed by atoms with Gasteiger partial charge < -0.3 is 14.8 Å². The molecule has 4 rings (SSSR count). The number of allylic oxidation sites excluding steroid dienone is 1. The second kappa shape index (κ2) is 4.73. The molecule has 5 heteroatoms. The summed E-state index contributed by atoms with van der Waals surface area (Å²) in [4.78, 5) is 24.4. The second-order valence-electron chi connectivity index (χ2n) is 4.99. The molecule has 0 aromatic heterocycles. The molecule has 0 aliphatic carbocycles. The van der Waals surface area contributed by atoms with E-state index in [1.807, 2.05) is 18.2 Å². The van der Waals surface area contributed by atoms with Crippen molar-refractivity contribution < 1.29 is 19.1 Å². The van der Waals surface area contributed by atoms with Crippen LogP contribution in [-0.4, -0.2) is 18.5 Å². The summed E-state index contributed by atoms with van der Waals surface area (Å²) in [5, 5.41) is 2.74. The molecule has 0 saturated heterocycles. The van der Waals surface area contributed by atoms with Crippen LogP contribution in [0.25, 0.3) is 5.57 Å². The van der Waals surface area contributed by atoms with E-state index >= 15 is 0 Å². The summed E-state index contributed by atoms with van der Waals surface area (Å²) in [5.41, 5.74) is 2.28. The van der Waals surface area contributed by atoms with Crippen LogP contribution in [-0.2, 0) is 4.79 Å². The maximum atomic E-state index is 12.4. The van der Waals surface area contributed by atoms with E-state index in [9.17, 15) is 9.59 Å². The zero-order valence-electron chi connectivity index (χ0n) is 11.5. The van der Waals surface area contributed by atoms with E-state index in [0.717, 1.165) is 11.3 Å². The standard InChI is InChI=1S/C17H11NO4/c19-14(10-5-6-15-16(7-10)22-9-21-15)8-12-11-3-1-2-4-13(11)18-17(12)20/h1-8H,9H2,(H,18,20)/b12-8-. The summed E-state index contributed by atoms with van der Waals surface area (Å²) in [6.07, 6.45) is 1.36. The van der Waals surface area contributed by atoms with Crippen molar-refractivity contribution in [2.75, 3.05) is 12.1 Å². The van der Waals surface area contributed by atoms with Crippen LogP contribution in [0.2, 0.25) is 0 Å². The number of ketones is 1. The molecule has 0 saturated carbocycles. The first-order valence-electron chi connectivity index (χ1n) is 6.79. The Hall–Kier alpha value is -3.08. The highest BCUT2D eigenvalue weighted by Crippen LogP contribution is 2.34. The second-order valence-corrected chi connectivity index (χ2v) is 4.99. The van der Waals surface area contributed by atoms with Gasteiger partial charge in [0.25, 0.3) is 5.91 Å². The lowest BCUT2D eigenvalue weighted by molar-refractivity contribution is -0.110. The van der Waals surface area contributed by atoms with Crippen LogP contribution in [0.5, 0.6) is 11.5 Å². The minimum atomic E-state index is -0.268. The van der Waals surface area contributed by atoms with Gasteiger partial charge in [0, 0.05) is 16.8 Å². The predicted octanol–water partition coefficient (Wildman–Crippen LogP) is 2.63. The van der Waals surface area contributed by atoms with E-state index in [2.05, 4.69) is 5.32 Å². The van der Waals surface area contributed by atoms with Gasteiger partial charge in [-0.05, 0) is 30.3 Å². The van der Waals surface area contributed by atoms with Crippen molar-refractivity contribution in [3.8, 4) is 11.5 Å². The highest BCUT2D eigenvalue weighted by Gasteiger charge is 2.25. The van der Waals surface area contributed by atoms with Crippen LogP contribution in [0.1, 0.15) is 15.9 Å². The molecule has 2 aliphatic heterocycles. The Morgan fingerprint density at radius 3 is 2.82 bits per heavy atom. The van der Waals surface area contributed by atoms with Gasteiger partial charge in [0.2, 0.25) is 6.79 Å². The SMILES string of the molecule is O=C1Nc2ccccc2/C1=C/C(=O)c1ccc2c(c1)OCO2. The molecule has 0 spiro atoms. The lowest BCUT2D eigenvalue weighted by atomic mass is 10.0. The summed E-state index contributed by atoms with van der Waals surface area (Å²) in [6, 6.07) is 12.3. The molecule has 0 radical (unpaired) electrons. The third kappa shape index (κ3) is 1.95. The minimum absolute atomic E-state index is 0.157. The first-order chi connectivity index (χ1) is 10.7. The largest absolute Gasteiger partial charge is 0.454 e. The third-order valence-corrected chi connectivity index (χ3v) is 3.64. The van der Waals surface area contributed by atoms with Gasteiger partial charge in [-0.15, -0.1) is 0 Å². The maximum absolute atomic E-state index is 12.4. The highest BCUT2D eigenvalue weighted by molar-refractivity contribution is 6.35. The van der Waals surface area contributed by atoms with E-state index in [-0.39, 0.29) is 18.5 Å². The minimum Gasteiger partial charge on any atom is -0.454 e. The number of nitrogens with one attached hydrogen (secondary N) is 1. The smallest absolute Gasteiger partial charge is 0.256 e. The zero-order valence-corrected chi connectivity index (χ0v) is 11.5. The predicted molar refractivity (Wildman–Crippen MR) is 79.9 cm³/mol. The quantitative estimate of drug-likeness (QED) is 0.683. The number of amides is 1. The van der Waals surface area contributed by atoms with Crippen molar-refractivity contribution in [3.05, 3.63) is 59.7 Å². The van der Waals surface area contributed by atoms with E-state index in [0.29, 0.717) is 22.6 Å². The molecule has 0 fully saturated rings. The molecule has 5 nitrogen and oxygen atoms in total. The molecular weight excluding hydrogens is 282 g/mol. The van der Waals surface area contributed by atoms with Crippen LogP contribution in [0.4, 0.5) is 5.69 Å². The lowest BCUT2D eigenvalue weighted by Crippen LogP contribution is -2.06. The first-order valence-corrected chi connectivity index (χ1v) is 6.79. The average Bonchev–Trinajstić information content (AvgIpc) is 3.11. The van der Waals surface area contributed by atoms with E-state index < -0.39 is 0 Å². The van der Waals surface area contributed by atoms with E-state index in [4.69, 9.17) is 9.47 Å². The number of ether oxygens (including phenoxy) is 2. The summed E-state index contributed by atoms with van der Waals surface area (Å²) in [6.45, 7) is 0.157. The van der Waals surface area contributed by atoms with Crippen molar-refractivity contribution in [3.63, 3.8) is 0 Å². The Morgan fingerprint density at radius 1 is 1.09 bits per heavy atom. The topological polar surface area (TPSA) is 64.6 Å². The fourth-order valence-electron chi connectivity index (χ4n) is 2.55. The molecular formula is C17H11NO4. The van der Waals surface area contributed by atoms with Crippen LogP contribution in [0.15, 0.2) is 48.5 Å². The molecule has 2 aliphatic rings. The van der Waals surface area contributed by atoms with Gasteiger partial charge >= 0.3 is 0 Å². The Bertz CT molecular complexity index is 838. The number of anilines is 1. The zero-order chi connectivity index (χ0) is 15.1. The van der Waals surface area contributed by atoms with Crippen molar-refractivity contribution in [1.29, 1.82) is 0 Å². The molecule has 1 N–H and O–H groups in total. The Balaban J connectivity index is 1.71. The summed E-state index contributed by atoms with van der Waals surface area (Å²) >= 11 is 0. The summed E-state index contributed by atoms with van der Waals surface area (Å²) < 4.78 is 10.5. The maximum Gasteiger partial charge on any atom is 0.256 e.